The number of carbonyl (C=O) groups is 1. The van der Waals surface area contributed by atoms with Crippen molar-refractivity contribution in [2.75, 3.05) is 18.2 Å². The largest absolute Gasteiger partial charge is 0.495 e. The quantitative estimate of drug-likeness (QED) is 0.846. The van der Waals surface area contributed by atoms with Gasteiger partial charge in [-0.2, -0.15) is 0 Å². The topological polar surface area (TPSA) is 64.3 Å². The minimum atomic E-state index is -0.411. The van der Waals surface area contributed by atoms with Gasteiger partial charge in [-0.05, 0) is 42.8 Å². The van der Waals surface area contributed by atoms with Crippen molar-refractivity contribution >= 4 is 17.3 Å². The molecule has 2 rings (SSSR count). The zero-order chi connectivity index (χ0) is 14.7. The number of nitrogens with one attached hydrogen (secondary N) is 1. The van der Waals surface area contributed by atoms with Crippen LogP contribution in [0.15, 0.2) is 36.4 Å². The maximum absolute atomic E-state index is 13.3. The fourth-order valence-electron chi connectivity index (χ4n) is 1.93. The van der Waals surface area contributed by atoms with Crippen molar-refractivity contribution in [3.63, 3.8) is 0 Å². The molecule has 0 bridgehead atoms. The maximum Gasteiger partial charge on any atom is 0.257 e. The van der Waals surface area contributed by atoms with Gasteiger partial charge in [0.1, 0.15) is 11.6 Å². The summed E-state index contributed by atoms with van der Waals surface area (Å²) in [7, 11) is 1.48. The molecule has 0 saturated heterocycles. The van der Waals surface area contributed by atoms with E-state index in [0.29, 0.717) is 11.4 Å². The van der Waals surface area contributed by atoms with E-state index < -0.39 is 11.7 Å². The number of hydrogen-bond acceptors (Lipinski definition) is 3. The predicted octanol–water partition coefficient (Wildman–Crippen LogP) is 2.98. The molecule has 3 N–H and O–H groups in total. The highest BCUT2D eigenvalue weighted by Gasteiger charge is 2.13. The zero-order valence-corrected chi connectivity index (χ0v) is 11.2. The van der Waals surface area contributed by atoms with E-state index in [2.05, 4.69) is 5.32 Å². The number of halogens is 1. The molecule has 2 aromatic carbocycles. The van der Waals surface area contributed by atoms with E-state index in [4.69, 9.17) is 10.5 Å². The first-order chi connectivity index (χ1) is 9.51. The van der Waals surface area contributed by atoms with E-state index >= 15 is 0 Å². The highest BCUT2D eigenvalue weighted by molar-refractivity contribution is 6.08. The Hall–Kier alpha value is -2.56. The molecule has 0 aliphatic rings. The summed E-state index contributed by atoms with van der Waals surface area (Å²) >= 11 is 0. The molecule has 5 heteroatoms. The van der Waals surface area contributed by atoms with E-state index in [-0.39, 0.29) is 11.3 Å². The van der Waals surface area contributed by atoms with Gasteiger partial charge in [0.15, 0.2) is 0 Å². The average molecular weight is 274 g/mol. The van der Waals surface area contributed by atoms with Crippen LogP contribution >= 0.6 is 0 Å². The van der Waals surface area contributed by atoms with Crippen molar-refractivity contribution < 1.29 is 13.9 Å². The fraction of sp³-hybridized carbons (Fsp3) is 0.133. The molecule has 0 aliphatic carbocycles. The minimum Gasteiger partial charge on any atom is -0.495 e. The van der Waals surface area contributed by atoms with Crippen molar-refractivity contribution in [3.05, 3.63) is 53.3 Å². The Morgan fingerprint density at radius 2 is 2.05 bits per heavy atom. The monoisotopic (exact) mass is 274 g/mol. The molecule has 0 saturated carbocycles. The number of rotatable bonds is 3. The number of nitrogen functional groups attached to an aromatic ring is 1. The molecule has 2 aromatic rings. The second kappa shape index (κ2) is 5.61. The van der Waals surface area contributed by atoms with Crippen molar-refractivity contribution in [3.8, 4) is 5.75 Å². The van der Waals surface area contributed by atoms with Gasteiger partial charge in [0.25, 0.3) is 5.91 Å². The first kappa shape index (κ1) is 13.9. The Labute approximate surface area is 116 Å². The number of para-hydroxylation sites is 1. The summed E-state index contributed by atoms with van der Waals surface area (Å²) in [5.74, 6) is -0.390. The molecule has 0 heterocycles. The number of hydrogen-bond donors (Lipinski definition) is 2. The smallest absolute Gasteiger partial charge is 0.257 e. The number of carbonyl (C=O) groups excluding carboxylic acids is 1. The third-order valence-corrected chi connectivity index (χ3v) is 2.83. The minimum absolute atomic E-state index is 0.251. The number of anilines is 2. The van der Waals surface area contributed by atoms with E-state index in [1.165, 1.54) is 19.2 Å². The second-order valence-electron chi connectivity index (χ2n) is 4.39. The average Bonchev–Trinajstić information content (AvgIpc) is 2.37. The summed E-state index contributed by atoms with van der Waals surface area (Å²) in [6.07, 6.45) is 0. The summed E-state index contributed by atoms with van der Waals surface area (Å²) in [4.78, 5) is 12.2. The molecule has 0 aliphatic heterocycles. The highest BCUT2D eigenvalue weighted by atomic mass is 19.1. The lowest BCUT2D eigenvalue weighted by Crippen LogP contribution is -2.14. The number of methoxy groups -OCH3 is 1. The predicted molar refractivity (Wildman–Crippen MR) is 76.5 cm³/mol. The van der Waals surface area contributed by atoms with Crippen LogP contribution in [0.1, 0.15) is 15.9 Å². The molecule has 104 valence electrons. The highest BCUT2D eigenvalue weighted by Crippen LogP contribution is 2.25. The zero-order valence-electron chi connectivity index (χ0n) is 11.2. The lowest BCUT2D eigenvalue weighted by Gasteiger charge is -2.11. The summed E-state index contributed by atoms with van der Waals surface area (Å²) in [6, 6.07) is 9.23. The molecular formula is C15H15FN2O2. The Morgan fingerprint density at radius 3 is 2.70 bits per heavy atom. The van der Waals surface area contributed by atoms with Crippen LogP contribution in [0.2, 0.25) is 0 Å². The van der Waals surface area contributed by atoms with Crippen LogP contribution in [0.4, 0.5) is 15.8 Å². The second-order valence-corrected chi connectivity index (χ2v) is 4.39. The lowest BCUT2D eigenvalue weighted by atomic mass is 10.1. The molecular weight excluding hydrogens is 259 g/mol. The van der Waals surface area contributed by atoms with Crippen LogP contribution in [0.25, 0.3) is 0 Å². The Balaban J connectivity index is 2.28. The summed E-state index contributed by atoms with van der Waals surface area (Å²) in [6.45, 7) is 1.75. The Bertz CT molecular complexity index is 636. The molecule has 4 nitrogen and oxygen atoms in total. The van der Waals surface area contributed by atoms with Gasteiger partial charge in [-0.1, -0.05) is 6.07 Å². The molecule has 1 amide bonds. The summed E-state index contributed by atoms with van der Waals surface area (Å²) < 4.78 is 18.3. The third kappa shape index (κ3) is 2.88. The SMILES string of the molecule is COc1cccc(C(=O)Nc2cc(C)cc(F)c2)c1N. The van der Waals surface area contributed by atoms with E-state index in [0.717, 1.165) is 5.56 Å². The van der Waals surface area contributed by atoms with E-state index in [1.54, 1.807) is 31.2 Å². The molecule has 0 aromatic heterocycles. The summed E-state index contributed by atoms with van der Waals surface area (Å²) in [5.41, 5.74) is 7.49. The number of nitrogens with two attached hydrogens (primary N) is 1. The van der Waals surface area contributed by atoms with E-state index in [9.17, 15) is 9.18 Å². The first-order valence-corrected chi connectivity index (χ1v) is 6.02. The maximum atomic E-state index is 13.3. The van der Waals surface area contributed by atoms with Crippen LogP contribution in [-0.4, -0.2) is 13.0 Å². The van der Waals surface area contributed by atoms with Crippen LogP contribution in [-0.2, 0) is 0 Å². The Kier molecular flexibility index (Phi) is 3.89. The number of aryl methyl sites for hydroxylation is 1. The van der Waals surface area contributed by atoms with Crippen molar-refractivity contribution in [1.82, 2.24) is 0 Å². The van der Waals surface area contributed by atoms with Gasteiger partial charge in [-0.15, -0.1) is 0 Å². The number of ether oxygens (including phenoxy) is 1. The molecule has 0 radical (unpaired) electrons. The lowest BCUT2D eigenvalue weighted by molar-refractivity contribution is 0.102. The standard InChI is InChI=1S/C15H15FN2O2/c1-9-6-10(16)8-11(7-9)18-15(19)12-4-3-5-13(20-2)14(12)17/h3-8H,17H2,1-2H3,(H,18,19). The fourth-order valence-corrected chi connectivity index (χ4v) is 1.93. The van der Waals surface area contributed by atoms with Gasteiger partial charge >= 0.3 is 0 Å². The van der Waals surface area contributed by atoms with Crippen molar-refractivity contribution in [1.29, 1.82) is 0 Å². The summed E-state index contributed by atoms with van der Waals surface area (Å²) in [5, 5.41) is 2.62. The van der Waals surface area contributed by atoms with Crippen molar-refractivity contribution in [2.24, 2.45) is 0 Å². The molecule has 0 unspecified atom stereocenters. The van der Waals surface area contributed by atoms with Crippen molar-refractivity contribution in [2.45, 2.75) is 6.92 Å². The molecule has 0 spiro atoms. The van der Waals surface area contributed by atoms with Gasteiger partial charge < -0.3 is 15.8 Å². The van der Waals surface area contributed by atoms with Crippen LogP contribution in [0.5, 0.6) is 5.75 Å². The first-order valence-electron chi connectivity index (χ1n) is 6.02. The van der Waals surface area contributed by atoms with Gasteiger partial charge in [0.2, 0.25) is 0 Å². The van der Waals surface area contributed by atoms with Gasteiger partial charge in [0.05, 0.1) is 18.4 Å². The normalized spacial score (nSPS) is 10.2. The van der Waals surface area contributed by atoms with Gasteiger partial charge in [0, 0.05) is 5.69 Å². The van der Waals surface area contributed by atoms with Gasteiger partial charge in [-0.25, -0.2) is 4.39 Å². The Morgan fingerprint density at radius 1 is 1.30 bits per heavy atom. The molecule has 20 heavy (non-hydrogen) atoms. The van der Waals surface area contributed by atoms with Gasteiger partial charge in [-0.3, -0.25) is 4.79 Å². The number of amides is 1. The molecule has 0 fully saturated rings. The third-order valence-electron chi connectivity index (χ3n) is 2.83. The van der Waals surface area contributed by atoms with Crippen LogP contribution in [0.3, 0.4) is 0 Å². The van der Waals surface area contributed by atoms with Crippen LogP contribution < -0.4 is 15.8 Å². The number of benzene rings is 2. The molecule has 0 atom stereocenters. The van der Waals surface area contributed by atoms with E-state index in [1.807, 2.05) is 0 Å². The van der Waals surface area contributed by atoms with Crippen LogP contribution in [0, 0.1) is 12.7 Å².